The number of methoxy groups -OCH3 is 1. The number of anilines is 1. The van der Waals surface area contributed by atoms with E-state index in [2.05, 4.69) is 4.98 Å². The molecule has 1 aromatic carbocycles. The van der Waals surface area contributed by atoms with Gasteiger partial charge in [0.25, 0.3) is 0 Å². The van der Waals surface area contributed by atoms with Crippen LogP contribution in [0.2, 0.25) is 0 Å². The Morgan fingerprint density at radius 3 is 2.57 bits per heavy atom. The quantitative estimate of drug-likeness (QED) is 0.936. The molecule has 0 radical (unpaired) electrons. The van der Waals surface area contributed by atoms with Crippen LogP contribution in [0.5, 0.6) is 5.75 Å². The molecule has 0 aliphatic carbocycles. The molecule has 1 aromatic heterocycles. The molecule has 5 heteroatoms. The maximum Gasteiger partial charge on any atom is 0.339 e. The van der Waals surface area contributed by atoms with Gasteiger partial charge in [-0.3, -0.25) is 0 Å². The second kappa shape index (κ2) is 5.83. The molecule has 0 atom stereocenters. The predicted molar refractivity (Wildman–Crippen MR) is 82.2 cm³/mol. The summed E-state index contributed by atoms with van der Waals surface area (Å²) in [6.07, 6.45) is 1.72. The number of carboxylic acids is 1. The Bertz CT molecular complexity index is 681. The molecule has 21 heavy (non-hydrogen) atoms. The number of hydrogen-bond donors (Lipinski definition) is 1. The van der Waals surface area contributed by atoms with Crippen LogP contribution in [0, 0.1) is 6.92 Å². The fourth-order valence-electron chi connectivity index (χ4n) is 2.16. The zero-order valence-electron chi connectivity index (χ0n) is 12.5. The third kappa shape index (κ3) is 2.97. The molecule has 1 heterocycles. The van der Waals surface area contributed by atoms with E-state index in [0.29, 0.717) is 5.75 Å². The first-order valence-electron chi connectivity index (χ1n) is 6.49. The highest BCUT2D eigenvalue weighted by atomic mass is 16.5. The van der Waals surface area contributed by atoms with Crippen molar-refractivity contribution in [3.63, 3.8) is 0 Å². The second-order valence-electron chi connectivity index (χ2n) is 4.97. The number of pyridine rings is 1. The summed E-state index contributed by atoms with van der Waals surface area (Å²) >= 11 is 0. The molecule has 1 N–H and O–H groups in total. The highest BCUT2D eigenvalue weighted by Crippen LogP contribution is 2.31. The summed E-state index contributed by atoms with van der Waals surface area (Å²) in [5, 5.41) is 9.30. The van der Waals surface area contributed by atoms with Crippen molar-refractivity contribution in [1.29, 1.82) is 0 Å². The number of aromatic carboxylic acids is 1. The molecule has 0 unspecified atom stereocenters. The highest BCUT2D eigenvalue weighted by Gasteiger charge is 2.15. The minimum absolute atomic E-state index is 0.154. The summed E-state index contributed by atoms with van der Waals surface area (Å²) in [6.45, 7) is 1.93. The first-order chi connectivity index (χ1) is 9.93. The first-order valence-corrected chi connectivity index (χ1v) is 6.49. The van der Waals surface area contributed by atoms with Crippen molar-refractivity contribution in [1.82, 2.24) is 4.98 Å². The molecule has 5 nitrogen and oxygen atoms in total. The van der Waals surface area contributed by atoms with Crippen molar-refractivity contribution >= 4 is 11.8 Å². The zero-order chi connectivity index (χ0) is 15.6. The van der Waals surface area contributed by atoms with Gasteiger partial charge in [-0.25, -0.2) is 9.78 Å². The van der Waals surface area contributed by atoms with E-state index in [4.69, 9.17) is 4.74 Å². The monoisotopic (exact) mass is 286 g/mol. The standard InChI is InChI=1S/C16H18N2O3/c1-10-7-14(21-4)13(16(19)20)9-12(10)11-5-6-17-15(8-11)18(2)3/h5-9H,1-4H3,(H,19,20). The van der Waals surface area contributed by atoms with Crippen LogP contribution in [0.3, 0.4) is 0 Å². The molecule has 0 amide bonds. The second-order valence-corrected chi connectivity index (χ2v) is 4.97. The van der Waals surface area contributed by atoms with Crippen molar-refractivity contribution in [2.75, 3.05) is 26.1 Å². The number of aromatic nitrogens is 1. The molecular formula is C16H18N2O3. The molecule has 0 fully saturated rings. The van der Waals surface area contributed by atoms with Crippen LogP contribution >= 0.6 is 0 Å². The van der Waals surface area contributed by atoms with Crippen molar-refractivity contribution in [2.45, 2.75) is 6.92 Å². The summed E-state index contributed by atoms with van der Waals surface area (Å²) in [5.41, 5.74) is 2.89. The van der Waals surface area contributed by atoms with Crippen LogP contribution < -0.4 is 9.64 Å². The van der Waals surface area contributed by atoms with Crippen molar-refractivity contribution < 1.29 is 14.6 Å². The van der Waals surface area contributed by atoms with Gasteiger partial charge in [0, 0.05) is 20.3 Å². The lowest BCUT2D eigenvalue weighted by atomic mass is 9.98. The van der Waals surface area contributed by atoms with E-state index in [0.717, 1.165) is 22.5 Å². The number of carbonyl (C=O) groups is 1. The van der Waals surface area contributed by atoms with E-state index < -0.39 is 5.97 Å². The minimum Gasteiger partial charge on any atom is -0.496 e. The first kappa shape index (κ1) is 14.8. The summed E-state index contributed by atoms with van der Waals surface area (Å²) in [7, 11) is 5.29. The van der Waals surface area contributed by atoms with Crippen LogP contribution in [0.25, 0.3) is 11.1 Å². The topological polar surface area (TPSA) is 62.7 Å². The number of rotatable bonds is 4. The molecule has 0 saturated heterocycles. The molecule has 0 spiro atoms. The molecule has 0 aliphatic rings. The van der Waals surface area contributed by atoms with Gasteiger partial charge in [0.2, 0.25) is 0 Å². The largest absolute Gasteiger partial charge is 0.496 e. The maximum atomic E-state index is 11.4. The molecule has 0 aliphatic heterocycles. The number of aryl methyl sites for hydroxylation is 1. The Hall–Kier alpha value is -2.56. The average Bonchev–Trinajstić information content (AvgIpc) is 2.46. The molecule has 0 bridgehead atoms. The summed E-state index contributed by atoms with van der Waals surface area (Å²) in [6, 6.07) is 7.19. The van der Waals surface area contributed by atoms with E-state index in [1.165, 1.54) is 7.11 Å². The highest BCUT2D eigenvalue weighted by molar-refractivity contribution is 5.93. The Morgan fingerprint density at radius 2 is 2.00 bits per heavy atom. The van der Waals surface area contributed by atoms with Gasteiger partial charge in [-0.15, -0.1) is 0 Å². The number of benzene rings is 1. The minimum atomic E-state index is -1.00. The molecule has 2 aromatic rings. The average molecular weight is 286 g/mol. The van der Waals surface area contributed by atoms with E-state index in [1.54, 1.807) is 18.3 Å². The lowest BCUT2D eigenvalue weighted by Crippen LogP contribution is -2.10. The van der Waals surface area contributed by atoms with E-state index in [1.807, 2.05) is 38.1 Å². The lowest BCUT2D eigenvalue weighted by Gasteiger charge is -2.15. The van der Waals surface area contributed by atoms with Crippen LogP contribution in [-0.4, -0.2) is 37.3 Å². The van der Waals surface area contributed by atoms with Gasteiger partial charge in [0.1, 0.15) is 17.1 Å². The van der Waals surface area contributed by atoms with Crippen LogP contribution in [-0.2, 0) is 0 Å². The van der Waals surface area contributed by atoms with Crippen LogP contribution in [0.4, 0.5) is 5.82 Å². The van der Waals surface area contributed by atoms with Crippen molar-refractivity contribution in [2.24, 2.45) is 0 Å². The van der Waals surface area contributed by atoms with Gasteiger partial charge in [-0.1, -0.05) is 0 Å². The number of nitrogens with zero attached hydrogens (tertiary/aromatic N) is 2. The van der Waals surface area contributed by atoms with Crippen LogP contribution in [0.15, 0.2) is 30.5 Å². The SMILES string of the molecule is COc1cc(C)c(-c2ccnc(N(C)C)c2)cc1C(=O)O. The normalized spacial score (nSPS) is 10.3. The molecule has 2 rings (SSSR count). The third-order valence-corrected chi connectivity index (χ3v) is 3.29. The smallest absolute Gasteiger partial charge is 0.339 e. The van der Waals surface area contributed by atoms with Crippen molar-refractivity contribution in [3.8, 4) is 16.9 Å². The Balaban J connectivity index is 2.61. The van der Waals surface area contributed by atoms with Crippen molar-refractivity contribution in [3.05, 3.63) is 41.6 Å². The fraction of sp³-hybridized carbons (Fsp3) is 0.250. The Labute approximate surface area is 123 Å². The predicted octanol–water partition coefficient (Wildman–Crippen LogP) is 2.83. The van der Waals surface area contributed by atoms with Gasteiger partial charge < -0.3 is 14.7 Å². The zero-order valence-corrected chi connectivity index (χ0v) is 12.5. The van der Waals surface area contributed by atoms with Gasteiger partial charge in [-0.2, -0.15) is 0 Å². The fourth-order valence-corrected chi connectivity index (χ4v) is 2.16. The van der Waals surface area contributed by atoms with E-state index >= 15 is 0 Å². The van der Waals surface area contributed by atoms with Gasteiger partial charge >= 0.3 is 5.97 Å². The summed E-state index contributed by atoms with van der Waals surface area (Å²) in [5.74, 6) is 0.181. The van der Waals surface area contributed by atoms with Crippen LogP contribution in [0.1, 0.15) is 15.9 Å². The van der Waals surface area contributed by atoms with Gasteiger partial charge in [-0.05, 0) is 47.9 Å². The summed E-state index contributed by atoms with van der Waals surface area (Å²) in [4.78, 5) is 17.5. The molecular weight excluding hydrogens is 268 g/mol. The Morgan fingerprint density at radius 1 is 1.29 bits per heavy atom. The van der Waals surface area contributed by atoms with Gasteiger partial charge in [0.05, 0.1) is 7.11 Å². The maximum absolute atomic E-state index is 11.4. The summed E-state index contributed by atoms with van der Waals surface area (Å²) < 4.78 is 5.14. The lowest BCUT2D eigenvalue weighted by molar-refractivity contribution is 0.0693. The molecule has 110 valence electrons. The Kier molecular flexibility index (Phi) is 4.12. The molecule has 0 saturated carbocycles. The third-order valence-electron chi connectivity index (χ3n) is 3.29. The number of carboxylic acid groups (broad SMARTS) is 1. The number of ether oxygens (including phenoxy) is 1. The van der Waals surface area contributed by atoms with Gasteiger partial charge in [0.15, 0.2) is 0 Å². The van der Waals surface area contributed by atoms with E-state index in [-0.39, 0.29) is 5.56 Å². The van der Waals surface area contributed by atoms with E-state index in [9.17, 15) is 9.90 Å². The number of hydrogen-bond acceptors (Lipinski definition) is 4.